The van der Waals surface area contributed by atoms with Gasteiger partial charge < -0.3 is 15.1 Å². The van der Waals surface area contributed by atoms with Gasteiger partial charge in [-0.3, -0.25) is 0 Å². The standard InChI is InChI=1S/C14H24N4/c1-4-15-14-11-13(5-8-16-14)18(3)12-6-9-17(2)10-7-12/h5,8,11-12H,4,6-7,9-10H2,1-3H3,(H,15,16). The van der Waals surface area contributed by atoms with Gasteiger partial charge in [0.25, 0.3) is 0 Å². The van der Waals surface area contributed by atoms with Crippen LogP contribution in [0.5, 0.6) is 0 Å². The molecule has 0 bridgehead atoms. The third-order valence-corrected chi connectivity index (χ3v) is 3.74. The van der Waals surface area contributed by atoms with E-state index in [0.717, 1.165) is 12.4 Å². The Labute approximate surface area is 110 Å². The molecule has 2 heterocycles. The highest BCUT2D eigenvalue weighted by molar-refractivity contribution is 5.54. The van der Waals surface area contributed by atoms with Gasteiger partial charge in [0.2, 0.25) is 0 Å². The second kappa shape index (κ2) is 6.05. The van der Waals surface area contributed by atoms with Crippen LogP contribution in [0.25, 0.3) is 0 Å². The van der Waals surface area contributed by atoms with Crippen LogP contribution in [-0.2, 0) is 0 Å². The fourth-order valence-electron chi connectivity index (χ4n) is 2.51. The maximum atomic E-state index is 4.32. The zero-order valence-corrected chi connectivity index (χ0v) is 11.7. The molecule has 18 heavy (non-hydrogen) atoms. The predicted molar refractivity (Wildman–Crippen MR) is 77.3 cm³/mol. The Morgan fingerprint density at radius 3 is 2.83 bits per heavy atom. The molecule has 1 saturated heterocycles. The Bertz CT molecular complexity index is 372. The SMILES string of the molecule is CCNc1cc(N(C)C2CCN(C)CC2)ccn1. The number of hydrogen-bond donors (Lipinski definition) is 1. The van der Waals surface area contributed by atoms with Crippen molar-refractivity contribution in [1.29, 1.82) is 0 Å². The van der Waals surface area contributed by atoms with Crippen LogP contribution in [0.3, 0.4) is 0 Å². The Morgan fingerprint density at radius 2 is 2.17 bits per heavy atom. The topological polar surface area (TPSA) is 31.4 Å². The van der Waals surface area contributed by atoms with E-state index in [-0.39, 0.29) is 0 Å². The first kappa shape index (κ1) is 13.1. The van der Waals surface area contributed by atoms with Crippen molar-refractivity contribution in [2.75, 3.05) is 43.9 Å². The molecule has 2 rings (SSSR count). The van der Waals surface area contributed by atoms with Gasteiger partial charge in [-0.15, -0.1) is 0 Å². The van der Waals surface area contributed by atoms with E-state index in [1.807, 2.05) is 6.20 Å². The van der Waals surface area contributed by atoms with Crippen LogP contribution in [0.15, 0.2) is 18.3 Å². The Morgan fingerprint density at radius 1 is 1.44 bits per heavy atom. The van der Waals surface area contributed by atoms with E-state index in [1.165, 1.54) is 31.6 Å². The lowest BCUT2D eigenvalue weighted by Gasteiger charge is -2.36. The molecule has 0 aromatic carbocycles. The van der Waals surface area contributed by atoms with E-state index in [2.05, 4.69) is 53.3 Å². The number of aromatic nitrogens is 1. The average Bonchev–Trinajstić information content (AvgIpc) is 2.39. The summed E-state index contributed by atoms with van der Waals surface area (Å²) in [5, 5.41) is 3.27. The number of hydrogen-bond acceptors (Lipinski definition) is 4. The average molecular weight is 248 g/mol. The maximum Gasteiger partial charge on any atom is 0.127 e. The summed E-state index contributed by atoms with van der Waals surface area (Å²) >= 11 is 0. The zero-order valence-electron chi connectivity index (χ0n) is 11.7. The third kappa shape index (κ3) is 3.13. The first-order valence-electron chi connectivity index (χ1n) is 6.82. The number of nitrogens with one attached hydrogen (secondary N) is 1. The van der Waals surface area contributed by atoms with Crippen molar-refractivity contribution >= 4 is 11.5 Å². The van der Waals surface area contributed by atoms with Crippen molar-refractivity contribution in [3.05, 3.63) is 18.3 Å². The number of piperidine rings is 1. The summed E-state index contributed by atoms with van der Waals surface area (Å²) in [5.41, 5.74) is 1.26. The van der Waals surface area contributed by atoms with E-state index in [9.17, 15) is 0 Å². The van der Waals surface area contributed by atoms with Crippen molar-refractivity contribution in [3.63, 3.8) is 0 Å². The normalized spacial score (nSPS) is 17.7. The highest BCUT2D eigenvalue weighted by atomic mass is 15.2. The molecule has 4 heteroatoms. The molecule has 1 fully saturated rings. The summed E-state index contributed by atoms with van der Waals surface area (Å²) in [4.78, 5) is 9.12. The number of likely N-dealkylation sites (tertiary alicyclic amines) is 1. The molecule has 0 amide bonds. The maximum absolute atomic E-state index is 4.32. The van der Waals surface area contributed by atoms with Gasteiger partial charge in [-0.05, 0) is 46.0 Å². The smallest absolute Gasteiger partial charge is 0.127 e. The molecule has 0 saturated carbocycles. The zero-order chi connectivity index (χ0) is 13.0. The highest BCUT2D eigenvalue weighted by Crippen LogP contribution is 2.23. The molecule has 1 aromatic heterocycles. The first-order valence-corrected chi connectivity index (χ1v) is 6.82. The molecule has 1 aromatic rings. The summed E-state index contributed by atoms with van der Waals surface area (Å²) in [6, 6.07) is 4.89. The number of pyridine rings is 1. The van der Waals surface area contributed by atoms with E-state index in [4.69, 9.17) is 0 Å². The van der Waals surface area contributed by atoms with Crippen LogP contribution in [0.1, 0.15) is 19.8 Å². The molecular formula is C14H24N4. The molecule has 0 unspecified atom stereocenters. The lowest BCUT2D eigenvalue weighted by Crippen LogP contribution is -2.42. The molecule has 100 valence electrons. The van der Waals surface area contributed by atoms with Crippen molar-refractivity contribution < 1.29 is 0 Å². The van der Waals surface area contributed by atoms with E-state index in [1.54, 1.807) is 0 Å². The van der Waals surface area contributed by atoms with Crippen molar-refractivity contribution in [2.24, 2.45) is 0 Å². The summed E-state index contributed by atoms with van der Waals surface area (Å²) in [6.07, 6.45) is 4.37. The minimum Gasteiger partial charge on any atom is -0.371 e. The predicted octanol–water partition coefficient (Wildman–Crippen LogP) is 2.04. The van der Waals surface area contributed by atoms with Gasteiger partial charge >= 0.3 is 0 Å². The van der Waals surface area contributed by atoms with Crippen LogP contribution in [0.4, 0.5) is 11.5 Å². The molecular weight excluding hydrogens is 224 g/mol. The van der Waals surface area contributed by atoms with Gasteiger partial charge in [0.1, 0.15) is 5.82 Å². The fourth-order valence-corrected chi connectivity index (χ4v) is 2.51. The van der Waals surface area contributed by atoms with Crippen LogP contribution < -0.4 is 10.2 Å². The van der Waals surface area contributed by atoms with Gasteiger partial charge in [0.15, 0.2) is 0 Å². The van der Waals surface area contributed by atoms with Crippen LogP contribution in [-0.4, -0.2) is 49.7 Å². The van der Waals surface area contributed by atoms with E-state index < -0.39 is 0 Å². The largest absolute Gasteiger partial charge is 0.371 e. The molecule has 0 radical (unpaired) electrons. The Kier molecular flexibility index (Phi) is 4.42. The summed E-state index contributed by atoms with van der Waals surface area (Å²) in [7, 11) is 4.40. The highest BCUT2D eigenvalue weighted by Gasteiger charge is 2.20. The van der Waals surface area contributed by atoms with Crippen LogP contribution in [0, 0.1) is 0 Å². The van der Waals surface area contributed by atoms with Crippen molar-refractivity contribution in [1.82, 2.24) is 9.88 Å². The summed E-state index contributed by atoms with van der Waals surface area (Å²) < 4.78 is 0. The molecule has 4 nitrogen and oxygen atoms in total. The quantitative estimate of drug-likeness (QED) is 0.883. The second-order valence-corrected chi connectivity index (χ2v) is 5.07. The summed E-state index contributed by atoms with van der Waals surface area (Å²) in [5.74, 6) is 0.967. The van der Waals surface area contributed by atoms with Crippen LogP contribution in [0.2, 0.25) is 0 Å². The van der Waals surface area contributed by atoms with Gasteiger partial charge in [-0.25, -0.2) is 4.98 Å². The minimum atomic E-state index is 0.651. The lowest BCUT2D eigenvalue weighted by molar-refractivity contribution is 0.253. The molecule has 0 aliphatic carbocycles. The van der Waals surface area contributed by atoms with Crippen molar-refractivity contribution in [3.8, 4) is 0 Å². The molecule has 1 N–H and O–H groups in total. The first-order chi connectivity index (χ1) is 8.70. The van der Waals surface area contributed by atoms with Gasteiger partial charge in [0, 0.05) is 37.6 Å². The third-order valence-electron chi connectivity index (χ3n) is 3.74. The van der Waals surface area contributed by atoms with Crippen LogP contribution >= 0.6 is 0 Å². The molecule has 0 atom stereocenters. The monoisotopic (exact) mass is 248 g/mol. The lowest BCUT2D eigenvalue weighted by atomic mass is 10.0. The molecule has 1 aliphatic rings. The second-order valence-electron chi connectivity index (χ2n) is 5.07. The molecule has 1 aliphatic heterocycles. The number of nitrogens with zero attached hydrogens (tertiary/aromatic N) is 3. The van der Waals surface area contributed by atoms with Gasteiger partial charge in [-0.2, -0.15) is 0 Å². The molecule has 0 spiro atoms. The number of rotatable bonds is 4. The van der Waals surface area contributed by atoms with E-state index in [0.29, 0.717) is 6.04 Å². The van der Waals surface area contributed by atoms with Gasteiger partial charge in [0.05, 0.1) is 0 Å². The minimum absolute atomic E-state index is 0.651. The fraction of sp³-hybridized carbons (Fsp3) is 0.643. The summed E-state index contributed by atoms with van der Waals surface area (Å²) in [6.45, 7) is 5.39. The van der Waals surface area contributed by atoms with E-state index >= 15 is 0 Å². The Hall–Kier alpha value is -1.29. The Balaban J connectivity index is 2.03. The van der Waals surface area contributed by atoms with Crippen molar-refractivity contribution in [2.45, 2.75) is 25.8 Å². The van der Waals surface area contributed by atoms with Gasteiger partial charge in [-0.1, -0.05) is 0 Å². The number of anilines is 2.